The van der Waals surface area contributed by atoms with Gasteiger partial charge < -0.3 is 14.7 Å². The molecule has 0 amide bonds. The van der Waals surface area contributed by atoms with Gasteiger partial charge in [-0.25, -0.2) is 9.02 Å². The van der Waals surface area contributed by atoms with Gasteiger partial charge in [-0.2, -0.15) is 0 Å². The molecule has 1 heterocycles. The van der Waals surface area contributed by atoms with E-state index in [-0.39, 0.29) is 46.8 Å². The molecule has 156 valence electrons. The van der Waals surface area contributed by atoms with E-state index >= 15 is 0 Å². The highest BCUT2D eigenvalue weighted by Crippen LogP contribution is 2.19. The number of rotatable bonds is 9. The van der Waals surface area contributed by atoms with Crippen LogP contribution in [0.5, 0.6) is 11.5 Å². The van der Waals surface area contributed by atoms with E-state index in [0.29, 0.717) is 17.1 Å². The number of nitrogens with zero attached hydrogens (tertiary/aromatic N) is 3. The molecule has 0 atom stereocenters. The fourth-order valence-corrected chi connectivity index (χ4v) is 3.05. The lowest BCUT2D eigenvalue weighted by Crippen LogP contribution is -2.17. The summed E-state index contributed by atoms with van der Waals surface area (Å²) < 4.78 is 28.9. The molecule has 3 rings (SSSR count). The molecule has 8 nitrogen and oxygen atoms in total. The fourth-order valence-electron chi connectivity index (χ4n) is 2.62. The first kappa shape index (κ1) is 21.4. The van der Waals surface area contributed by atoms with Crippen molar-refractivity contribution in [2.75, 3.05) is 13.7 Å². The van der Waals surface area contributed by atoms with Gasteiger partial charge in [-0.3, -0.25) is 4.79 Å². The smallest absolute Gasteiger partial charge is 0.176 e. The average Bonchev–Trinajstić information content (AvgIpc) is 3.21. The first-order valence-electron chi connectivity index (χ1n) is 8.75. The molecule has 0 saturated heterocycles. The van der Waals surface area contributed by atoms with Gasteiger partial charge in [0.05, 0.1) is 18.0 Å². The van der Waals surface area contributed by atoms with Crippen molar-refractivity contribution >= 4 is 27.4 Å². The van der Waals surface area contributed by atoms with E-state index in [0.717, 1.165) is 0 Å². The normalized spacial score (nSPS) is 11.4. The Balaban J connectivity index is 1.64. The van der Waals surface area contributed by atoms with E-state index < -0.39 is 5.82 Å². The number of ketones is 1. The van der Waals surface area contributed by atoms with E-state index in [2.05, 4.69) is 31.4 Å². The predicted molar refractivity (Wildman–Crippen MR) is 108 cm³/mol. The number of hydrogen-bond donors (Lipinski definition) is 1. The SMILES string of the molecule is COc1ccc(OCC(=O)Cc2nonc2/C(Cc2ccc(F)c(Br)c2)=N/O)cc1. The Hall–Kier alpha value is -3.27. The topological polar surface area (TPSA) is 107 Å². The summed E-state index contributed by atoms with van der Waals surface area (Å²) >= 11 is 3.11. The van der Waals surface area contributed by atoms with Crippen LogP contribution >= 0.6 is 15.9 Å². The number of methoxy groups -OCH3 is 1. The van der Waals surface area contributed by atoms with Crippen molar-refractivity contribution in [2.45, 2.75) is 12.8 Å². The molecule has 0 aliphatic rings. The van der Waals surface area contributed by atoms with E-state index in [1.165, 1.54) is 6.07 Å². The van der Waals surface area contributed by atoms with Crippen LogP contribution in [0.3, 0.4) is 0 Å². The molecule has 0 bridgehead atoms. The lowest BCUT2D eigenvalue weighted by Gasteiger charge is -2.07. The number of carbonyl (C=O) groups excluding carboxylic acids is 1. The zero-order valence-corrected chi connectivity index (χ0v) is 17.4. The lowest BCUT2D eigenvalue weighted by atomic mass is 10.0. The van der Waals surface area contributed by atoms with Gasteiger partial charge in [0.25, 0.3) is 0 Å². The van der Waals surface area contributed by atoms with Gasteiger partial charge in [-0.1, -0.05) is 16.4 Å². The van der Waals surface area contributed by atoms with Crippen LogP contribution in [0.4, 0.5) is 4.39 Å². The second-order valence-corrected chi connectivity index (χ2v) is 7.07. The zero-order chi connectivity index (χ0) is 21.5. The predicted octanol–water partition coefficient (Wildman–Crippen LogP) is 3.59. The van der Waals surface area contributed by atoms with Crippen LogP contribution in [0, 0.1) is 5.82 Å². The molecule has 1 N–H and O–H groups in total. The van der Waals surface area contributed by atoms with E-state index in [1.807, 2.05) is 0 Å². The van der Waals surface area contributed by atoms with Crippen LogP contribution in [-0.2, 0) is 17.6 Å². The van der Waals surface area contributed by atoms with E-state index in [9.17, 15) is 14.4 Å². The van der Waals surface area contributed by atoms with Crippen LogP contribution < -0.4 is 9.47 Å². The van der Waals surface area contributed by atoms with Crippen LogP contribution in [0.25, 0.3) is 0 Å². The largest absolute Gasteiger partial charge is 0.497 e. The molecular formula is C20H17BrFN3O5. The Bertz CT molecular complexity index is 1050. The number of Topliss-reactive ketones (excluding diaryl/α,β-unsaturated/α-hetero) is 1. The molecular weight excluding hydrogens is 461 g/mol. The van der Waals surface area contributed by atoms with Crippen molar-refractivity contribution in [3.8, 4) is 11.5 Å². The minimum Gasteiger partial charge on any atom is -0.497 e. The van der Waals surface area contributed by atoms with Crippen molar-refractivity contribution < 1.29 is 28.5 Å². The third-order valence-corrected chi connectivity index (χ3v) is 4.74. The number of halogens is 2. The lowest BCUT2D eigenvalue weighted by molar-refractivity contribution is -0.120. The molecule has 0 unspecified atom stereocenters. The summed E-state index contributed by atoms with van der Waals surface area (Å²) in [7, 11) is 1.56. The monoisotopic (exact) mass is 477 g/mol. The minimum absolute atomic E-state index is 0.124. The summed E-state index contributed by atoms with van der Waals surface area (Å²) in [6.07, 6.45) is 0.00819. The summed E-state index contributed by atoms with van der Waals surface area (Å²) in [5.74, 6) is 0.509. The third kappa shape index (κ3) is 5.41. The summed E-state index contributed by atoms with van der Waals surface area (Å²) in [5, 5.41) is 20.1. The minimum atomic E-state index is -0.410. The van der Waals surface area contributed by atoms with Crippen LogP contribution in [0.2, 0.25) is 0 Å². The molecule has 0 radical (unpaired) electrons. The Morgan fingerprint density at radius 2 is 1.90 bits per heavy atom. The molecule has 0 fully saturated rings. The number of ether oxygens (including phenoxy) is 2. The maximum atomic E-state index is 13.4. The van der Waals surface area contributed by atoms with Gasteiger partial charge in [0.2, 0.25) is 0 Å². The Kier molecular flexibility index (Phi) is 7.12. The molecule has 0 aliphatic heterocycles. The highest BCUT2D eigenvalue weighted by Gasteiger charge is 2.20. The van der Waals surface area contributed by atoms with Gasteiger partial charge in [0.15, 0.2) is 11.5 Å². The first-order valence-corrected chi connectivity index (χ1v) is 9.54. The van der Waals surface area contributed by atoms with Gasteiger partial charge in [0, 0.05) is 6.42 Å². The maximum Gasteiger partial charge on any atom is 0.176 e. The number of hydrogen-bond acceptors (Lipinski definition) is 8. The molecule has 0 aliphatic carbocycles. The molecule has 10 heteroatoms. The first-order chi connectivity index (χ1) is 14.5. The van der Waals surface area contributed by atoms with Gasteiger partial charge >= 0.3 is 0 Å². The van der Waals surface area contributed by atoms with Crippen molar-refractivity contribution in [3.05, 3.63) is 69.7 Å². The van der Waals surface area contributed by atoms with Gasteiger partial charge in [-0.15, -0.1) is 0 Å². The molecule has 30 heavy (non-hydrogen) atoms. The molecule has 2 aromatic carbocycles. The quantitative estimate of drug-likeness (QED) is 0.285. The Morgan fingerprint density at radius 1 is 1.17 bits per heavy atom. The van der Waals surface area contributed by atoms with Crippen molar-refractivity contribution in [2.24, 2.45) is 5.16 Å². The summed E-state index contributed by atoms with van der Waals surface area (Å²) in [4.78, 5) is 12.3. The van der Waals surface area contributed by atoms with Crippen LogP contribution in [0.1, 0.15) is 17.0 Å². The van der Waals surface area contributed by atoms with Crippen molar-refractivity contribution in [1.82, 2.24) is 10.3 Å². The van der Waals surface area contributed by atoms with E-state index in [4.69, 9.17) is 14.1 Å². The molecule has 1 aromatic heterocycles. The van der Waals surface area contributed by atoms with E-state index in [1.54, 1.807) is 43.5 Å². The van der Waals surface area contributed by atoms with Crippen LogP contribution in [0.15, 0.2) is 56.7 Å². The second-order valence-electron chi connectivity index (χ2n) is 6.21. The molecule has 3 aromatic rings. The van der Waals surface area contributed by atoms with Gasteiger partial charge in [-0.05, 0) is 63.0 Å². The highest BCUT2D eigenvalue weighted by atomic mass is 79.9. The molecule has 0 saturated carbocycles. The number of aromatic nitrogens is 2. The molecule has 0 spiro atoms. The number of carbonyl (C=O) groups is 1. The Morgan fingerprint density at radius 3 is 2.57 bits per heavy atom. The number of oxime groups is 1. The summed E-state index contributed by atoms with van der Waals surface area (Å²) in [6.45, 7) is -0.185. The highest BCUT2D eigenvalue weighted by molar-refractivity contribution is 9.10. The maximum absolute atomic E-state index is 13.4. The Labute approximate surface area is 179 Å². The standard InChI is InChI=1S/C20H17BrFN3O5/c1-28-14-3-5-15(6-4-14)29-11-13(26)10-19-20(25-30-24-19)18(23-27)9-12-2-7-17(22)16(21)8-12/h2-8,27H,9-11H2,1H3/b23-18+. The summed E-state index contributed by atoms with van der Waals surface area (Å²) in [5.41, 5.74) is 1.16. The van der Waals surface area contributed by atoms with Crippen LogP contribution in [-0.4, -0.2) is 40.7 Å². The average molecular weight is 478 g/mol. The number of benzene rings is 2. The van der Waals surface area contributed by atoms with Crippen molar-refractivity contribution in [3.63, 3.8) is 0 Å². The summed E-state index contributed by atoms with van der Waals surface area (Å²) in [6, 6.07) is 11.2. The zero-order valence-electron chi connectivity index (χ0n) is 15.8. The fraction of sp³-hybridized carbons (Fsp3) is 0.200. The third-order valence-electron chi connectivity index (χ3n) is 4.13. The van der Waals surface area contributed by atoms with Crippen molar-refractivity contribution in [1.29, 1.82) is 0 Å². The second kappa shape index (κ2) is 9.97. The van der Waals surface area contributed by atoms with Gasteiger partial charge in [0.1, 0.15) is 35.3 Å².